The molecule has 10 heteroatoms. The van der Waals surface area contributed by atoms with Crippen molar-refractivity contribution in [3.05, 3.63) is 17.0 Å². The SMILES string of the molecule is CCOC(=O)c1n[nH]c2c1CN(C(=O)OC(C)(C)C)C(C(F)(F)F)C2. The van der Waals surface area contributed by atoms with Gasteiger partial charge in [0.1, 0.15) is 11.6 Å². The normalized spacial score (nSPS) is 17.9. The van der Waals surface area contributed by atoms with Crippen LogP contribution in [-0.4, -0.2) is 51.6 Å². The third kappa shape index (κ3) is 4.23. The maximum atomic E-state index is 13.4. The number of ether oxygens (including phenoxy) is 2. The first-order valence-corrected chi connectivity index (χ1v) is 7.73. The van der Waals surface area contributed by atoms with E-state index in [2.05, 4.69) is 10.2 Å². The molecule has 25 heavy (non-hydrogen) atoms. The molecule has 0 saturated carbocycles. The average molecular weight is 363 g/mol. The van der Waals surface area contributed by atoms with Gasteiger partial charge in [0, 0.05) is 17.7 Å². The van der Waals surface area contributed by atoms with Crippen molar-refractivity contribution in [1.82, 2.24) is 15.1 Å². The molecule has 2 heterocycles. The molecule has 0 fully saturated rings. The van der Waals surface area contributed by atoms with E-state index in [1.54, 1.807) is 27.7 Å². The molecule has 1 atom stereocenters. The van der Waals surface area contributed by atoms with Crippen LogP contribution in [0.2, 0.25) is 0 Å². The molecule has 0 aromatic carbocycles. The molecule has 1 aromatic heterocycles. The highest BCUT2D eigenvalue weighted by molar-refractivity contribution is 5.89. The summed E-state index contributed by atoms with van der Waals surface area (Å²) in [6, 6.07) is -2.06. The van der Waals surface area contributed by atoms with Crippen molar-refractivity contribution in [3.63, 3.8) is 0 Å². The first kappa shape index (κ1) is 19.1. The monoisotopic (exact) mass is 363 g/mol. The number of aromatic amines is 1. The Labute approximate surface area is 142 Å². The van der Waals surface area contributed by atoms with Gasteiger partial charge in [-0.05, 0) is 27.7 Å². The quantitative estimate of drug-likeness (QED) is 0.817. The summed E-state index contributed by atoms with van der Waals surface area (Å²) >= 11 is 0. The van der Waals surface area contributed by atoms with Gasteiger partial charge >= 0.3 is 18.2 Å². The molecule has 0 aliphatic carbocycles. The zero-order valence-corrected chi connectivity index (χ0v) is 14.4. The number of nitrogens with one attached hydrogen (secondary N) is 1. The Balaban J connectivity index is 2.37. The zero-order chi connectivity index (χ0) is 19.0. The maximum Gasteiger partial charge on any atom is 0.411 e. The number of esters is 1. The van der Waals surface area contributed by atoms with Crippen LogP contribution in [0.4, 0.5) is 18.0 Å². The van der Waals surface area contributed by atoms with Crippen molar-refractivity contribution in [2.45, 2.75) is 58.5 Å². The number of hydrogen-bond acceptors (Lipinski definition) is 5. The fraction of sp³-hybridized carbons (Fsp3) is 0.667. The summed E-state index contributed by atoms with van der Waals surface area (Å²) in [5.74, 6) is -0.755. The van der Waals surface area contributed by atoms with Crippen molar-refractivity contribution in [2.24, 2.45) is 0 Å². The molecule has 1 unspecified atom stereocenters. The Hall–Kier alpha value is -2.26. The van der Waals surface area contributed by atoms with Crippen molar-refractivity contribution in [2.75, 3.05) is 6.61 Å². The van der Waals surface area contributed by atoms with Gasteiger partial charge in [0.15, 0.2) is 5.69 Å². The van der Waals surface area contributed by atoms with Gasteiger partial charge < -0.3 is 9.47 Å². The van der Waals surface area contributed by atoms with Crippen LogP contribution in [-0.2, 0) is 22.4 Å². The number of aromatic nitrogens is 2. The van der Waals surface area contributed by atoms with E-state index in [1.807, 2.05) is 0 Å². The van der Waals surface area contributed by atoms with Crippen LogP contribution in [0.1, 0.15) is 49.4 Å². The number of halogens is 3. The highest BCUT2D eigenvalue weighted by Gasteiger charge is 2.50. The van der Waals surface area contributed by atoms with Gasteiger partial charge in [-0.2, -0.15) is 18.3 Å². The number of amides is 1. The first-order chi connectivity index (χ1) is 11.4. The molecule has 140 valence electrons. The molecule has 2 rings (SSSR count). The molecular weight excluding hydrogens is 343 g/mol. The lowest BCUT2D eigenvalue weighted by molar-refractivity contribution is -0.184. The third-order valence-electron chi connectivity index (χ3n) is 3.53. The predicted octanol–water partition coefficient (Wildman–Crippen LogP) is 2.81. The van der Waals surface area contributed by atoms with E-state index in [9.17, 15) is 22.8 Å². The van der Waals surface area contributed by atoms with Crippen molar-refractivity contribution in [1.29, 1.82) is 0 Å². The van der Waals surface area contributed by atoms with Gasteiger partial charge in [-0.25, -0.2) is 9.59 Å². The Morgan fingerprint density at radius 3 is 2.48 bits per heavy atom. The highest BCUT2D eigenvalue weighted by atomic mass is 19.4. The highest BCUT2D eigenvalue weighted by Crippen LogP contribution is 2.35. The van der Waals surface area contributed by atoms with Gasteiger partial charge in [0.05, 0.1) is 13.2 Å². The van der Waals surface area contributed by atoms with E-state index in [0.717, 1.165) is 0 Å². The molecular formula is C15H20F3N3O4. The first-order valence-electron chi connectivity index (χ1n) is 7.73. The molecule has 1 aliphatic rings. The summed E-state index contributed by atoms with van der Waals surface area (Å²) < 4.78 is 50.1. The van der Waals surface area contributed by atoms with Crippen LogP contribution in [0, 0.1) is 0 Å². The van der Waals surface area contributed by atoms with E-state index in [-0.39, 0.29) is 23.6 Å². The molecule has 0 bridgehead atoms. The third-order valence-corrected chi connectivity index (χ3v) is 3.53. The number of fused-ring (bicyclic) bond motifs is 1. The number of nitrogens with zero attached hydrogens (tertiary/aromatic N) is 2. The number of H-pyrrole nitrogens is 1. The van der Waals surface area contributed by atoms with Gasteiger partial charge in [-0.15, -0.1) is 0 Å². The molecule has 0 saturated heterocycles. The Morgan fingerprint density at radius 1 is 1.32 bits per heavy atom. The molecule has 1 amide bonds. The molecule has 1 aromatic rings. The van der Waals surface area contributed by atoms with Gasteiger partial charge in [-0.1, -0.05) is 0 Å². The number of carbonyl (C=O) groups is 2. The summed E-state index contributed by atoms with van der Waals surface area (Å²) in [6.07, 6.45) is -6.29. The fourth-order valence-corrected chi connectivity index (χ4v) is 2.50. The minimum atomic E-state index is -4.65. The van der Waals surface area contributed by atoms with E-state index in [4.69, 9.17) is 9.47 Å². The Bertz CT molecular complexity index is 664. The summed E-state index contributed by atoms with van der Waals surface area (Å²) in [4.78, 5) is 24.7. The van der Waals surface area contributed by atoms with Gasteiger partial charge in [-0.3, -0.25) is 10.00 Å². The average Bonchev–Trinajstić information content (AvgIpc) is 2.86. The van der Waals surface area contributed by atoms with Crippen molar-refractivity contribution < 1.29 is 32.2 Å². The lowest BCUT2D eigenvalue weighted by Crippen LogP contribution is -2.53. The molecule has 1 aliphatic heterocycles. The van der Waals surface area contributed by atoms with Crippen LogP contribution < -0.4 is 0 Å². The van der Waals surface area contributed by atoms with Crippen molar-refractivity contribution in [3.8, 4) is 0 Å². The van der Waals surface area contributed by atoms with Crippen LogP contribution in [0.5, 0.6) is 0 Å². The van der Waals surface area contributed by atoms with E-state index in [1.165, 1.54) is 0 Å². The van der Waals surface area contributed by atoms with Crippen molar-refractivity contribution >= 4 is 12.1 Å². The summed E-state index contributed by atoms with van der Waals surface area (Å²) in [6.45, 7) is 5.93. The van der Waals surface area contributed by atoms with Crippen LogP contribution in [0.15, 0.2) is 0 Å². The number of hydrogen-bond donors (Lipinski definition) is 1. The molecule has 0 spiro atoms. The number of rotatable bonds is 2. The lowest BCUT2D eigenvalue weighted by Gasteiger charge is -2.37. The smallest absolute Gasteiger partial charge is 0.411 e. The van der Waals surface area contributed by atoms with E-state index in [0.29, 0.717) is 4.90 Å². The minimum Gasteiger partial charge on any atom is -0.461 e. The van der Waals surface area contributed by atoms with E-state index < -0.39 is 42.8 Å². The number of carbonyl (C=O) groups excluding carboxylic acids is 2. The van der Waals surface area contributed by atoms with Gasteiger partial charge in [0.2, 0.25) is 0 Å². The Morgan fingerprint density at radius 2 is 1.96 bits per heavy atom. The second-order valence-electron chi connectivity index (χ2n) is 6.62. The number of alkyl halides is 3. The topological polar surface area (TPSA) is 84.5 Å². The maximum absolute atomic E-state index is 13.4. The molecule has 1 N–H and O–H groups in total. The van der Waals surface area contributed by atoms with Crippen LogP contribution in [0.3, 0.4) is 0 Å². The van der Waals surface area contributed by atoms with E-state index >= 15 is 0 Å². The predicted molar refractivity (Wildman–Crippen MR) is 79.9 cm³/mol. The second-order valence-corrected chi connectivity index (χ2v) is 6.62. The largest absolute Gasteiger partial charge is 0.461 e. The fourth-order valence-electron chi connectivity index (χ4n) is 2.50. The standard InChI is InChI=1S/C15H20F3N3O4/c1-5-24-12(22)11-8-7-21(13(23)25-14(2,3)4)10(15(16,17)18)6-9(8)19-20-11/h10H,5-7H2,1-4H3,(H,19,20). The minimum absolute atomic E-state index is 0.0986. The second kappa shape index (κ2) is 6.57. The van der Waals surface area contributed by atoms with Crippen LogP contribution in [0.25, 0.3) is 0 Å². The Kier molecular flexibility index (Phi) is 5.01. The molecule has 0 radical (unpaired) electrons. The zero-order valence-electron chi connectivity index (χ0n) is 14.4. The van der Waals surface area contributed by atoms with Gasteiger partial charge in [0.25, 0.3) is 0 Å². The van der Waals surface area contributed by atoms with Crippen LogP contribution >= 0.6 is 0 Å². The molecule has 7 nitrogen and oxygen atoms in total. The summed E-state index contributed by atoms with van der Waals surface area (Å²) in [5.41, 5.74) is -0.700. The summed E-state index contributed by atoms with van der Waals surface area (Å²) in [5, 5.41) is 6.20. The lowest BCUT2D eigenvalue weighted by atomic mass is 9.98. The summed E-state index contributed by atoms with van der Waals surface area (Å²) in [7, 11) is 0.